The van der Waals surface area contributed by atoms with Crippen LogP contribution in [0.1, 0.15) is 96.6 Å². The Morgan fingerprint density at radius 3 is 2.19 bits per heavy atom. The second kappa shape index (κ2) is 16.0. The van der Waals surface area contributed by atoms with Crippen molar-refractivity contribution in [2.45, 2.75) is 103 Å². The van der Waals surface area contributed by atoms with Crippen LogP contribution in [0.15, 0.2) is 6.20 Å². The first kappa shape index (κ1) is 24.8. The van der Waals surface area contributed by atoms with Gasteiger partial charge in [0.05, 0.1) is 6.20 Å². The molecule has 5 nitrogen and oxygen atoms in total. The number of aromatic amines is 1. The van der Waals surface area contributed by atoms with Crippen LogP contribution in [-0.2, 0) is 11.2 Å². The summed E-state index contributed by atoms with van der Waals surface area (Å²) < 4.78 is 0. The minimum atomic E-state index is 0. The third kappa shape index (κ3) is 12.2. The van der Waals surface area contributed by atoms with Crippen molar-refractivity contribution >= 4 is 24.3 Å². The first-order chi connectivity index (χ1) is 12.2. The lowest BCUT2D eigenvalue weighted by molar-refractivity contribution is -0.122. The quantitative estimate of drug-likeness (QED) is 0.364. The van der Waals surface area contributed by atoms with Gasteiger partial charge in [0, 0.05) is 18.2 Å². The molecule has 1 heterocycles. The minimum Gasteiger partial charge on any atom is -0.369 e. The van der Waals surface area contributed by atoms with Gasteiger partial charge in [0.1, 0.15) is 0 Å². The van der Waals surface area contributed by atoms with E-state index in [1.165, 1.54) is 51.4 Å². The molecule has 0 bridgehead atoms. The minimum absolute atomic E-state index is 0. The number of H-pyrrole nitrogens is 1. The van der Waals surface area contributed by atoms with Crippen molar-refractivity contribution in [3.8, 4) is 0 Å². The number of imidazole rings is 1. The lowest BCUT2D eigenvalue weighted by Crippen LogP contribution is -2.34. The highest BCUT2D eigenvalue weighted by atomic mass is 35.5. The Bertz CT molecular complexity index is 452. The zero-order chi connectivity index (χ0) is 18.3. The van der Waals surface area contributed by atoms with E-state index in [1.807, 2.05) is 0 Å². The molecule has 0 spiro atoms. The molecule has 26 heavy (non-hydrogen) atoms. The third-order valence-electron chi connectivity index (χ3n) is 4.68. The van der Waals surface area contributed by atoms with E-state index in [0.717, 1.165) is 31.4 Å². The van der Waals surface area contributed by atoms with Gasteiger partial charge in [0.25, 0.3) is 0 Å². The van der Waals surface area contributed by atoms with Crippen LogP contribution in [0.2, 0.25) is 0 Å². The van der Waals surface area contributed by atoms with Crippen LogP contribution in [0.25, 0.3) is 0 Å². The first-order valence-corrected chi connectivity index (χ1v) is 10.2. The van der Waals surface area contributed by atoms with Crippen molar-refractivity contribution in [2.24, 2.45) is 0 Å². The molecule has 0 fully saturated rings. The fourth-order valence-electron chi connectivity index (χ4n) is 3.17. The van der Waals surface area contributed by atoms with Gasteiger partial charge in [-0.25, -0.2) is 4.98 Å². The lowest BCUT2D eigenvalue weighted by atomic mass is 10.0. The number of unbranched alkanes of at least 4 members (excludes halogenated alkanes) is 6. The maximum Gasteiger partial charge on any atom is 0.220 e. The molecule has 0 aliphatic carbocycles. The predicted octanol–water partition coefficient (Wildman–Crippen LogP) is 5.16. The second-order valence-electron chi connectivity index (χ2n) is 7.11. The molecule has 0 aliphatic rings. The summed E-state index contributed by atoms with van der Waals surface area (Å²) in [6.45, 7) is 4.47. The van der Waals surface area contributed by atoms with Gasteiger partial charge >= 0.3 is 0 Å². The average molecular weight is 387 g/mol. The molecule has 1 aromatic rings. The highest BCUT2D eigenvalue weighted by molar-refractivity contribution is 5.85. The Morgan fingerprint density at radius 1 is 1.08 bits per heavy atom. The number of hydrogen-bond donors (Lipinski definition) is 3. The van der Waals surface area contributed by atoms with Crippen LogP contribution >= 0.6 is 12.4 Å². The van der Waals surface area contributed by atoms with Gasteiger partial charge in [0.2, 0.25) is 5.91 Å². The number of aromatic nitrogens is 2. The van der Waals surface area contributed by atoms with Crippen molar-refractivity contribution in [1.29, 1.82) is 0 Å². The van der Waals surface area contributed by atoms with Crippen LogP contribution in [0.4, 0.5) is 5.95 Å². The zero-order valence-electron chi connectivity index (χ0n) is 16.7. The molecule has 1 amide bonds. The second-order valence-corrected chi connectivity index (χ2v) is 7.11. The summed E-state index contributed by atoms with van der Waals surface area (Å²) >= 11 is 0. The number of nitrogens with one attached hydrogen (secondary N) is 2. The van der Waals surface area contributed by atoms with Crippen molar-refractivity contribution in [1.82, 2.24) is 15.3 Å². The Balaban J connectivity index is 0.00000625. The Hall–Kier alpha value is -1.23. The molecule has 1 rings (SSSR count). The number of anilines is 1. The van der Waals surface area contributed by atoms with Crippen LogP contribution in [-0.4, -0.2) is 21.9 Å². The van der Waals surface area contributed by atoms with Crippen LogP contribution in [0.3, 0.4) is 0 Å². The summed E-state index contributed by atoms with van der Waals surface area (Å²) in [5.74, 6) is 0.627. The fourth-order valence-corrected chi connectivity index (χ4v) is 3.17. The van der Waals surface area contributed by atoms with E-state index < -0.39 is 0 Å². The Morgan fingerprint density at radius 2 is 1.69 bits per heavy atom. The Kier molecular flexibility index (Phi) is 15.2. The van der Waals surface area contributed by atoms with Crippen molar-refractivity contribution in [3.63, 3.8) is 0 Å². The number of aryl methyl sites for hydroxylation is 1. The number of hydrogen-bond acceptors (Lipinski definition) is 3. The van der Waals surface area contributed by atoms with Crippen LogP contribution < -0.4 is 11.1 Å². The number of carbonyl (C=O) groups excluding carboxylic acids is 1. The molecule has 0 atom stereocenters. The van der Waals surface area contributed by atoms with Crippen LogP contribution in [0, 0.1) is 0 Å². The number of halogens is 1. The number of rotatable bonds is 15. The van der Waals surface area contributed by atoms with E-state index >= 15 is 0 Å². The number of nitrogen functional groups attached to an aromatic ring is 1. The van der Waals surface area contributed by atoms with E-state index in [4.69, 9.17) is 5.73 Å². The molecule has 0 unspecified atom stereocenters. The molecule has 1 aromatic heterocycles. The van der Waals surface area contributed by atoms with E-state index in [2.05, 4.69) is 29.1 Å². The van der Waals surface area contributed by atoms with Crippen molar-refractivity contribution in [3.05, 3.63) is 11.9 Å². The van der Waals surface area contributed by atoms with Gasteiger partial charge < -0.3 is 16.0 Å². The summed E-state index contributed by atoms with van der Waals surface area (Å²) in [4.78, 5) is 19.3. The van der Waals surface area contributed by atoms with Gasteiger partial charge in [-0.2, -0.15) is 0 Å². The summed E-state index contributed by atoms with van der Waals surface area (Å²) in [7, 11) is 0. The average Bonchev–Trinajstić information content (AvgIpc) is 3.00. The van der Waals surface area contributed by atoms with E-state index in [9.17, 15) is 4.79 Å². The molecule has 6 heteroatoms. The standard InChI is InChI=1S/C20H38N4O.ClH/c1-3-5-7-9-12-17(13-10-8-6-4-2)23-19(25)15-11-14-18-16-22-20(21)24-18;/h16-17H,3-15H2,1-2H3,(H,23,25)(H3,21,22,24);1H. The molecule has 0 saturated carbocycles. The molecule has 0 aliphatic heterocycles. The van der Waals surface area contributed by atoms with Gasteiger partial charge in [-0.3, -0.25) is 4.79 Å². The molecule has 0 radical (unpaired) electrons. The molecular weight excluding hydrogens is 348 g/mol. The van der Waals surface area contributed by atoms with Gasteiger partial charge in [-0.1, -0.05) is 65.2 Å². The first-order valence-electron chi connectivity index (χ1n) is 10.2. The number of amides is 1. The monoisotopic (exact) mass is 386 g/mol. The van der Waals surface area contributed by atoms with E-state index in [-0.39, 0.29) is 18.3 Å². The molecule has 152 valence electrons. The van der Waals surface area contributed by atoms with Gasteiger partial charge in [-0.05, 0) is 25.7 Å². The predicted molar refractivity (Wildman–Crippen MR) is 113 cm³/mol. The largest absolute Gasteiger partial charge is 0.369 e. The third-order valence-corrected chi connectivity index (χ3v) is 4.68. The molecule has 0 aromatic carbocycles. The fraction of sp³-hybridized carbons (Fsp3) is 0.800. The van der Waals surface area contributed by atoms with E-state index in [1.54, 1.807) is 6.20 Å². The van der Waals surface area contributed by atoms with Gasteiger partial charge in [-0.15, -0.1) is 12.4 Å². The highest BCUT2D eigenvalue weighted by Crippen LogP contribution is 2.13. The maximum absolute atomic E-state index is 12.3. The molecule has 4 N–H and O–H groups in total. The summed E-state index contributed by atoms with van der Waals surface area (Å²) in [5, 5.41) is 3.27. The topological polar surface area (TPSA) is 83.8 Å². The van der Waals surface area contributed by atoms with E-state index in [0.29, 0.717) is 18.4 Å². The lowest BCUT2D eigenvalue weighted by Gasteiger charge is -2.19. The SMILES string of the molecule is CCCCCCC(CCCCCC)NC(=O)CCCc1cnc(N)[nH]1.Cl. The summed E-state index contributed by atoms with van der Waals surface area (Å²) in [5.41, 5.74) is 6.57. The van der Waals surface area contributed by atoms with Crippen LogP contribution in [0.5, 0.6) is 0 Å². The summed E-state index contributed by atoms with van der Waals surface area (Å²) in [6.07, 6.45) is 16.3. The smallest absolute Gasteiger partial charge is 0.220 e. The zero-order valence-corrected chi connectivity index (χ0v) is 17.5. The number of carbonyl (C=O) groups is 1. The molecular formula is C20H39ClN4O. The number of nitrogens with two attached hydrogens (primary N) is 1. The van der Waals surface area contributed by atoms with Crippen molar-refractivity contribution in [2.75, 3.05) is 5.73 Å². The highest BCUT2D eigenvalue weighted by Gasteiger charge is 2.12. The van der Waals surface area contributed by atoms with Gasteiger partial charge in [0.15, 0.2) is 5.95 Å². The summed E-state index contributed by atoms with van der Waals surface area (Å²) in [6, 6.07) is 0.351. The van der Waals surface area contributed by atoms with Crippen molar-refractivity contribution < 1.29 is 4.79 Å². The molecule has 0 saturated heterocycles. The Labute approximate surface area is 165 Å². The number of nitrogens with zero attached hydrogens (tertiary/aromatic N) is 1. The normalized spacial score (nSPS) is 10.7. The maximum atomic E-state index is 12.3.